The molecule has 1 atom stereocenters. The summed E-state index contributed by atoms with van der Waals surface area (Å²) in [6.07, 6.45) is 3.86. The van der Waals surface area contributed by atoms with Crippen molar-refractivity contribution in [1.29, 1.82) is 0 Å². The molecule has 5 nitrogen and oxygen atoms in total. The third-order valence-electron chi connectivity index (χ3n) is 2.98. The second-order valence-electron chi connectivity index (χ2n) is 4.64. The van der Waals surface area contributed by atoms with E-state index in [9.17, 15) is 4.79 Å². The second-order valence-corrected chi connectivity index (χ2v) is 5.29. The zero-order valence-corrected chi connectivity index (χ0v) is 12.1. The molecule has 1 unspecified atom stereocenters. The summed E-state index contributed by atoms with van der Waals surface area (Å²) >= 11 is 6.16. The van der Waals surface area contributed by atoms with Gasteiger partial charge in [-0.15, -0.1) is 11.6 Å². The van der Waals surface area contributed by atoms with Crippen LogP contribution in [-0.2, 0) is 11.3 Å². The molecule has 0 aliphatic heterocycles. The van der Waals surface area contributed by atoms with Crippen molar-refractivity contribution in [3.8, 4) is 0 Å². The van der Waals surface area contributed by atoms with Crippen LogP contribution in [0.1, 0.15) is 24.5 Å². The first-order valence-corrected chi connectivity index (χ1v) is 6.58. The van der Waals surface area contributed by atoms with Gasteiger partial charge in [0.15, 0.2) is 0 Å². The maximum absolute atomic E-state index is 11.7. The lowest BCUT2D eigenvalue weighted by atomic mass is 10.3. The fourth-order valence-corrected chi connectivity index (χ4v) is 2.14. The SMILES string of the molecule is CC(Cl)c1nc2cnccc2n1CCC(=O)N(C)C. The Labute approximate surface area is 117 Å². The summed E-state index contributed by atoms with van der Waals surface area (Å²) in [7, 11) is 3.51. The standard InChI is InChI=1S/C13H17ClN4O/c1-9(14)13-16-10-8-15-6-4-11(10)18(13)7-5-12(19)17(2)3/h4,6,8-9H,5,7H2,1-3H3. The van der Waals surface area contributed by atoms with E-state index < -0.39 is 0 Å². The van der Waals surface area contributed by atoms with Crippen LogP contribution in [-0.4, -0.2) is 39.4 Å². The number of rotatable bonds is 4. The molecular formula is C13H17ClN4O. The second kappa shape index (κ2) is 5.57. The summed E-state index contributed by atoms with van der Waals surface area (Å²) in [6.45, 7) is 2.45. The van der Waals surface area contributed by atoms with E-state index in [2.05, 4.69) is 9.97 Å². The molecule has 0 aliphatic carbocycles. The zero-order chi connectivity index (χ0) is 14.0. The highest BCUT2D eigenvalue weighted by Gasteiger charge is 2.16. The molecule has 2 heterocycles. The first kappa shape index (κ1) is 13.8. The van der Waals surface area contributed by atoms with Gasteiger partial charge in [0.1, 0.15) is 11.3 Å². The maximum atomic E-state index is 11.7. The van der Waals surface area contributed by atoms with E-state index in [0.717, 1.165) is 16.9 Å². The van der Waals surface area contributed by atoms with Gasteiger partial charge in [0.05, 0.1) is 17.1 Å². The van der Waals surface area contributed by atoms with Crippen molar-refractivity contribution in [1.82, 2.24) is 19.4 Å². The number of pyridine rings is 1. The third-order valence-corrected chi connectivity index (χ3v) is 3.18. The van der Waals surface area contributed by atoms with Crippen molar-refractivity contribution < 1.29 is 4.79 Å². The Kier molecular flexibility index (Phi) is 4.04. The van der Waals surface area contributed by atoms with E-state index in [1.807, 2.05) is 17.6 Å². The number of aryl methyl sites for hydroxylation is 1. The number of alkyl halides is 1. The van der Waals surface area contributed by atoms with Crippen LogP contribution in [0.3, 0.4) is 0 Å². The van der Waals surface area contributed by atoms with Crippen LogP contribution in [0.15, 0.2) is 18.5 Å². The number of halogens is 1. The number of amides is 1. The van der Waals surface area contributed by atoms with Crippen molar-refractivity contribution in [2.45, 2.75) is 25.3 Å². The van der Waals surface area contributed by atoms with Crippen LogP contribution in [0.2, 0.25) is 0 Å². The predicted molar refractivity (Wildman–Crippen MR) is 75.1 cm³/mol. The zero-order valence-electron chi connectivity index (χ0n) is 11.3. The van der Waals surface area contributed by atoms with E-state index in [0.29, 0.717) is 13.0 Å². The molecule has 0 radical (unpaired) electrons. The average molecular weight is 281 g/mol. The van der Waals surface area contributed by atoms with Crippen molar-refractivity contribution in [3.63, 3.8) is 0 Å². The first-order chi connectivity index (χ1) is 9.00. The first-order valence-electron chi connectivity index (χ1n) is 6.15. The Morgan fingerprint density at radius 3 is 2.89 bits per heavy atom. The van der Waals surface area contributed by atoms with Gasteiger partial charge in [0.2, 0.25) is 5.91 Å². The van der Waals surface area contributed by atoms with Crippen molar-refractivity contribution >= 4 is 28.5 Å². The van der Waals surface area contributed by atoms with Gasteiger partial charge in [0, 0.05) is 33.3 Å². The Morgan fingerprint density at radius 2 is 2.26 bits per heavy atom. The van der Waals surface area contributed by atoms with Crippen LogP contribution in [0.5, 0.6) is 0 Å². The maximum Gasteiger partial charge on any atom is 0.223 e. The minimum Gasteiger partial charge on any atom is -0.349 e. The number of carbonyl (C=O) groups is 1. The van der Waals surface area contributed by atoms with Crippen LogP contribution in [0.4, 0.5) is 0 Å². The number of fused-ring (bicyclic) bond motifs is 1. The Bertz CT molecular complexity index is 591. The summed E-state index contributed by atoms with van der Waals surface area (Å²) in [5.41, 5.74) is 1.77. The molecule has 19 heavy (non-hydrogen) atoms. The van der Waals surface area contributed by atoms with Crippen LogP contribution in [0.25, 0.3) is 11.0 Å². The van der Waals surface area contributed by atoms with E-state index >= 15 is 0 Å². The van der Waals surface area contributed by atoms with Gasteiger partial charge in [-0.1, -0.05) is 0 Å². The molecule has 0 aliphatic rings. The van der Waals surface area contributed by atoms with Crippen molar-refractivity contribution in [3.05, 3.63) is 24.3 Å². The molecule has 6 heteroatoms. The van der Waals surface area contributed by atoms with Gasteiger partial charge in [-0.2, -0.15) is 0 Å². The molecule has 1 amide bonds. The van der Waals surface area contributed by atoms with E-state index in [1.165, 1.54) is 0 Å². The minimum atomic E-state index is -0.207. The number of hydrogen-bond donors (Lipinski definition) is 0. The summed E-state index contributed by atoms with van der Waals surface area (Å²) in [6, 6.07) is 1.89. The molecule has 2 aromatic rings. The number of nitrogens with zero attached hydrogens (tertiary/aromatic N) is 4. The lowest BCUT2D eigenvalue weighted by molar-refractivity contribution is -0.128. The fourth-order valence-electron chi connectivity index (χ4n) is 1.97. The third kappa shape index (κ3) is 2.87. The monoisotopic (exact) mass is 280 g/mol. The van der Waals surface area contributed by atoms with Gasteiger partial charge in [0.25, 0.3) is 0 Å². The number of hydrogen-bond acceptors (Lipinski definition) is 3. The average Bonchev–Trinajstić information content (AvgIpc) is 2.74. The number of carbonyl (C=O) groups excluding carboxylic acids is 1. The van der Waals surface area contributed by atoms with Gasteiger partial charge in [-0.25, -0.2) is 4.98 Å². The van der Waals surface area contributed by atoms with Gasteiger partial charge >= 0.3 is 0 Å². The number of aromatic nitrogens is 3. The lowest BCUT2D eigenvalue weighted by Gasteiger charge is -2.13. The normalized spacial score (nSPS) is 12.6. The fraction of sp³-hybridized carbons (Fsp3) is 0.462. The van der Waals surface area contributed by atoms with Crippen molar-refractivity contribution in [2.24, 2.45) is 0 Å². The highest BCUT2D eigenvalue weighted by Crippen LogP contribution is 2.24. The van der Waals surface area contributed by atoms with Gasteiger partial charge in [-0.3, -0.25) is 9.78 Å². The van der Waals surface area contributed by atoms with E-state index in [4.69, 9.17) is 11.6 Å². The van der Waals surface area contributed by atoms with Crippen molar-refractivity contribution in [2.75, 3.05) is 14.1 Å². The molecule has 0 N–H and O–H groups in total. The van der Waals surface area contributed by atoms with Crippen LogP contribution < -0.4 is 0 Å². The molecule has 102 valence electrons. The molecule has 0 fully saturated rings. The molecule has 2 aromatic heterocycles. The van der Waals surface area contributed by atoms with Gasteiger partial charge < -0.3 is 9.47 Å². The Hall–Kier alpha value is -1.62. The molecule has 0 aromatic carbocycles. The molecule has 0 saturated heterocycles. The molecular weight excluding hydrogens is 264 g/mol. The molecule has 0 spiro atoms. The summed E-state index contributed by atoms with van der Waals surface area (Å²) in [5, 5.41) is -0.207. The molecule has 0 bridgehead atoms. The van der Waals surface area contributed by atoms with Gasteiger partial charge in [-0.05, 0) is 13.0 Å². The lowest BCUT2D eigenvalue weighted by Crippen LogP contribution is -2.23. The summed E-state index contributed by atoms with van der Waals surface area (Å²) in [4.78, 5) is 21.8. The predicted octanol–water partition coefficient (Wildman–Crippen LogP) is 2.21. The van der Waals surface area contributed by atoms with Crippen LogP contribution >= 0.6 is 11.6 Å². The smallest absolute Gasteiger partial charge is 0.223 e. The van der Waals surface area contributed by atoms with E-state index in [-0.39, 0.29) is 11.3 Å². The quantitative estimate of drug-likeness (QED) is 0.807. The molecule has 0 saturated carbocycles. The molecule has 2 rings (SSSR count). The highest BCUT2D eigenvalue weighted by atomic mass is 35.5. The Balaban J connectivity index is 2.34. The topological polar surface area (TPSA) is 51.0 Å². The summed E-state index contributed by atoms with van der Waals surface area (Å²) < 4.78 is 2.00. The van der Waals surface area contributed by atoms with Crippen LogP contribution in [0, 0.1) is 0 Å². The summed E-state index contributed by atoms with van der Waals surface area (Å²) in [5.74, 6) is 0.861. The van der Waals surface area contributed by atoms with E-state index in [1.54, 1.807) is 31.4 Å². The highest BCUT2D eigenvalue weighted by molar-refractivity contribution is 6.20. The number of imidazole rings is 1. The Morgan fingerprint density at radius 1 is 1.53 bits per heavy atom. The largest absolute Gasteiger partial charge is 0.349 e. The minimum absolute atomic E-state index is 0.0871.